The molecule has 21 heavy (non-hydrogen) atoms. The van der Waals surface area contributed by atoms with Crippen molar-refractivity contribution in [3.05, 3.63) is 0 Å². The summed E-state index contributed by atoms with van der Waals surface area (Å²) in [5.74, 6) is 0.412. The van der Waals surface area contributed by atoms with Crippen LogP contribution in [0.5, 0.6) is 0 Å². The van der Waals surface area contributed by atoms with E-state index in [0.717, 1.165) is 32.2 Å². The molecular formula is C14H29N3O3S. The minimum atomic E-state index is -3.35. The van der Waals surface area contributed by atoms with E-state index in [4.69, 9.17) is 4.74 Å². The van der Waals surface area contributed by atoms with Crippen LogP contribution < -0.4 is 10.0 Å². The smallest absolute Gasteiger partial charge is 0.279 e. The Bertz CT molecular complexity index is 394. The van der Waals surface area contributed by atoms with Gasteiger partial charge >= 0.3 is 0 Å². The number of nitrogens with one attached hydrogen (secondary N) is 2. The largest absolute Gasteiger partial charge is 0.377 e. The third-order valence-electron chi connectivity index (χ3n) is 4.36. The summed E-state index contributed by atoms with van der Waals surface area (Å²) in [5, 5.41) is 3.13. The van der Waals surface area contributed by atoms with Gasteiger partial charge in [-0.2, -0.15) is 17.4 Å². The fourth-order valence-electron chi connectivity index (χ4n) is 3.24. The maximum Gasteiger partial charge on any atom is 0.279 e. The first-order valence-electron chi connectivity index (χ1n) is 8.13. The van der Waals surface area contributed by atoms with Crippen LogP contribution in [0.25, 0.3) is 0 Å². The van der Waals surface area contributed by atoms with Crippen molar-refractivity contribution in [1.29, 1.82) is 0 Å². The van der Waals surface area contributed by atoms with Gasteiger partial charge in [0.15, 0.2) is 0 Å². The lowest BCUT2D eigenvalue weighted by molar-refractivity contribution is 0.0624. The molecular weight excluding hydrogens is 290 g/mol. The molecule has 1 aliphatic carbocycles. The zero-order chi connectivity index (χ0) is 15.1. The van der Waals surface area contributed by atoms with Crippen molar-refractivity contribution in [2.24, 2.45) is 5.92 Å². The van der Waals surface area contributed by atoms with Gasteiger partial charge in [-0.05, 0) is 45.2 Å². The van der Waals surface area contributed by atoms with E-state index < -0.39 is 10.2 Å². The van der Waals surface area contributed by atoms with Gasteiger partial charge in [0, 0.05) is 19.6 Å². The fourth-order valence-corrected chi connectivity index (χ4v) is 4.54. The molecule has 2 rings (SSSR count). The number of piperidine rings is 1. The zero-order valence-electron chi connectivity index (χ0n) is 13.0. The van der Waals surface area contributed by atoms with E-state index in [1.54, 1.807) is 4.31 Å². The van der Waals surface area contributed by atoms with Crippen LogP contribution >= 0.6 is 0 Å². The Labute approximate surface area is 128 Å². The minimum Gasteiger partial charge on any atom is -0.377 e. The predicted molar refractivity (Wildman–Crippen MR) is 83.4 cm³/mol. The molecule has 1 saturated heterocycles. The molecule has 1 heterocycles. The third kappa shape index (κ3) is 5.49. The summed E-state index contributed by atoms with van der Waals surface area (Å²) in [5.41, 5.74) is 0. The molecule has 2 fully saturated rings. The summed E-state index contributed by atoms with van der Waals surface area (Å²) in [4.78, 5) is 0. The Balaban J connectivity index is 1.70. The molecule has 1 atom stereocenters. The Morgan fingerprint density at radius 3 is 2.67 bits per heavy atom. The standard InChI is InChI=1S/C14H29N3O3S/c1-15-11-13-5-4-9-17(12-13)21(18,19)16-8-10-20-14-6-2-3-7-14/h13-16H,2-12H2,1H3. The summed E-state index contributed by atoms with van der Waals surface area (Å²) in [6.07, 6.45) is 7.07. The lowest BCUT2D eigenvalue weighted by atomic mass is 10.00. The van der Waals surface area contributed by atoms with E-state index in [2.05, 4.69) is 10.0 Å². The number of hydrogen-bond acceptors (Lipinski definition) is 4. The SMILES string of the molecule is CNCC1CCCN(S(=O)(=O)NCCOC2CCCC2)C1. The molecule has 0 bridgehead atoms. The second kappa shape index (κ2) is 8.43. The molecule has 7 heteroatoms. The second-order valence-electron chi connectivity index (χ2n) is 6.10. The molecule has 0 aromatic heterocycles. The minimum absolute atomic E-state index is 0.337. The highest BCUT2D eigenvalue weighted by Crippen LogP contribution is 2.20. The van der Waals surface area contributed by atoms with E-state index in [1.807, 2.05) is 7.05 Å². The van der Waals surface area contributed by atoms with Crippen LogP contribution in [0, 0.1) is 5.92 Å². The topological polar surface area (TPSA) is 70.7 Å². The first kappa shape index (κ1) is 17.1. The molecule has 124 valence electrons. The molecule has 1 aliphatic heterocycles. The quantitative estimate of drug-likeness (QED) is 0.647. The van der Waals surface area contributed by atoms with Crippen LogP contribution in [0.15, 0.2) is 0 Å². The van der Waals surface area contributed by atoms with Crippen molar-refractivity contribution in [3.8, 4) is 0 Å². The van der Waals surface area contributed by atoms with Gasteiger partial charge in [-0.1, -0.05) is 12.8 Å². The predicted octanol–water partition coefficient (Wildman–Crippen LogP) is 0.711. The number of rotatable bonds is 8. The summed E-state index contributed by atoms with van der Waals surface area (Å²) >= 11 is 0. The monoisotopic (exact) mass is 319 g/mol. The van der Waals surface area contributed by atoms with Crippen molar-refractivity contribution in [3.63, 3.8) is 0 Å². The molecule has 6 nitrogen and oxygen atoms in total. The van der Waals surface area contributed by atoms with Gasteiger partial charge in [-0.3, -0.25) is 0 Å². The normalized spacial score (nSPS) is 25.5. The molecule has 1 saturated carbocycles. The van der Waals surface area contributed by atoms with Crippen LogP contribution in [0.3, 0.4) is 0 Å². The van der Waals surface area contributed by atoms with Gasteiger partial charge < -0.3 is 10.1 Å². The van der Waals surface area contributed by atoms with Crippen LogP contribution in [0.4, 0.5) is 0 Å². The third-order valence-corrected chi connectivity index (χ3v) is 5.94. The van der Waals surface area contributed by atoms with E-state index in [9.17, 15) is 8.42 Å². The van der Waals surface area contributed by atoms with Crippen LogP contribution in [0.2, 0.25) is 0 Å². The van der Waals surface area contributed by atoms with Gasteiger partial charge in [-0.15, -0.1) is 0 Å². The first-order valence-corrected chi connectivity index (χ1v) is 9.57. The van der Waals surface area contributed by atoms with Crippen molar-refractivity contribution < 1.29 is 13.2 Å². The summed E-state index contributed by atoms with van der Waals surface area (Å²) in [7, 11) is -1.45. The highest BCUT2D eigenvalue weighted by atomic mass is 32.2. The molecule has 0 amide bonds. The first-order chi connectivity index (χ1) is 10.1. The van der Waals surface area contributed by atoms with E-state index in [0.29, 0.717) is 38.3 Å². The van der Waals surface area contributed by atoms with Gasteiger partial charge in [-0.25, -0.2) is 0 Å². The van der Waals surface area contributed by atoms with E-state index in [1.165, 1.54) is 12.8 Å². The van der Waals surface area contributed by atoms with Gasteiger partial charge in [0.25, 0.3) is 10.2 Å². The molecule has 0 aromatic rings. The average Bonchev–Trinajstić information content (AvgIpc) is 2.98. The Morgan fingerprint density at radius 1 is 1.19 bits per heavy atom. The Hall–Kier alpha value is -0.210. The van der Waals surface area contributed by atoms with E-state index >= 15 is 0 Å². The fraction of sp³-hybridized carbons (Fsp3) is 1.00. The highest BCUT2D eigenvalue weighted by Gasteiger charge is 2.28. The van der Waals surface area contributed by atoms with Crippen molar-refractivity contribution >= 4 is 10.2 Å². The average molecular weight is 319 g/mol. The lowest BCUT2D eigenvalue weighted by Crippen LogP contribution is -2.48. The zero-order valence-corrected chi connectivity index (χ0v) is 13.8. The van der Waals surface area contributed by atoms with Crippen LogP contribution in [-0.2, 0) is 14.9 Å². The Morgan fingerprint density at radius 2 is 1.95 bits per heavy atom. The van der Waals surface area contributed by atoms with Gasteiger partial charge in [0.2, 0.25) is 0 Å². The molecule has 1 unspecified atom stereocenters. The maximum atomic E-state index is 12.3. The second-order valence-corrected chi connectivity index (χ2v) is 7.86. The van der Waals surface area contributed by atoms with Crippen molar-refractivity contribution in [2.45, 2.75) is 44.6 Å². The van der Waals surface area contributed by atoms with Gasteiger partial charge in [0.1, 0.15) is 0 Å². The van der Waals surface area contributed by atoms with E-state index in [-0.39, 0.29) is 0 Å². The maximum absolute atomic E-state index is 12.3. The number of nitrogens with zero attached hydrogens (tertiary/aromatic N) is 1. The summed E-state index contributed by atoms with van der Waals surface area (Å²) in [6.45, 7) is 2.94. The van der Waals surface area contributed by atoms with Crippen LogP contribution in [0.1, 0.15) is 38.5 Å². The lowest BCUT2D eigenvalue weighted by Gasteiger charge is -2.31. The molecule has 0 radical (unpaired) electrons. The molecule has 0 aromatic carbocycles. The summed E-state index contributed by atoms with van der Waals surface area (Å²) in [6, 6.07) is 0. The summed E-state index contributed by atoms with van der Waals surface area (Å²) < 4.78 is 34.5. The Kier molecular flexibility index (Phi) is 6.88. The van der Waals surface area contributed by atoms with Crippen molar-refractivity contribution in [1.82, 2.24) is 14.3 Å². The molecule has 0 spiro atoms. The number of ether oxygens (including phenoxy) is 1. The number of hydrogen-bond donors (Lipinski definition) is 2. The van der Waals surface area contributed by atoms with Crippen LogP contribution in [-0.4, -0.2) is 58.7 Å². The molecule has 2 aliphatic rings. The van der Waals surface area contributed by atoms with Gasteiger partial charge in [0.05, 0.1) is 12.7 Å². The van der Waals surface area contributed by atoms with Crippen molar-refractivity contribution in [2.75, 3.05) is 39.8 Å². The highest BCUT2D eigenvalue weighted by molar-refractivity contribution is 7.87. The molecule has 2 N–H and O–H groups in total.